The summed E-state index contributed by atoms with van der Waals surface area (Å²) in [7, 11) is 0. The van der Waals surface area contributed by atoms with Crippen molar-refractivity contribution in [2.75, 3.05) is 20.0 Å². The van der Waals surface area contributed by atoms with Gasteiger partial charge in [0.2, 0.25) is 29.5 Å². The van der Waals surface area contributed by atoms with Crippen LogP contribution in [-0.2, 0) is 71.8 Å². The van der Waals surface area contributed by atoms with Crippen LogP contribution in [-0.4, -0.2) is 108 Å². The summed E-state index contributed by atoms with van der Waals surface area (Å²) >= 11 is 17.5. The van der Waals surface area contributed by atoms with Crippen LogP contribution < -0.4 is 25.3 Å². The van der Waals surface area contributed by atoms with Crippen LogP contribution in [0.5, 0.6) is 0 Å². The SMILES string of the molecule is CC(C)(C)OC(=O)[C@@H]1CCC(=O)N1.CC(C)(C)OC(=O)[C@@H]1CCC(=O)N1c1ncc(C(F)(F)F)cc1Cl.CC(C)(C)c1cc(NC(=O)[C@@H]2CCC(=O)N2c2ncc(C(F)(F)F)cc2Cl)no1.O=C(O)[C@@H]1CCC(=O)N1c1ncc(C(F)(F)F)cc1Cl. The maximum absolute atomic E-state index is 12.8. The maximum atomic E-state index is 12.8. The second kappa shape index (κ2) is 26.7. The van der Waals surface area contributed by atoms with E-state index >= 15 is 0 Å². The minimum atomic E-state index is -4.63. The number of halogens is 12. The van der Waals surface area contributed by atoms with Crippen LogP contribution in [0, 0.1) is 0 Å². The number of aliphatic carboxylic acids is 1. The number of carbonyl (C=O) groups is 8. The van der Waals surface area contributed by atoms with Crippen LogP contribution in [0.3, 0.4) is 0 Å². The number of esters is 2. The summed E-state index contributed by atoms with van der Waals surface area (Å²) < 4.78 is 130. The van der Waals surface area contributed by atoms with Crippen molar-refractivity contribution in [3.8, 4) is 0 Å². The molecule has 86 heavy (non-hydrogen) atoms. The van der Waals surface area contributed by atoms with Crippen molar-refractivity contribution in [2.24, 2.45) is 0 Å². The van der Waals surface area contributed by atoms with Gasteiger partial charge in [-0.2, -0.15) is 39.5 Å². The van der Waals surface area contributed by atoms with E-state index in [1.54, 1.807) is 26.8 Å². The highest BCUT2D eigenvalue weighted by atomic mass is 35.5. The molecular weight excluding hydrogens is 1230 g/mol. The fraction of sp³-hybridized carbons (Fsp3) is 0.509. The van der Waals surface area contributed by atoms with Crippen LogP contribution >= 0.6 is 34.8 Å². The van der Waals surface area contributed by atoms with Gasteiger partial charge in [-0.1, -0.05) is 60.7 Å². The Morgan fingerprint density at radius 2 is 0.942 bits per heavy atom. The predicted octanol–water partition coefficient (Wildman–Crippen LogP) is 10.7. The van der Waals surface area contributed by atoms with Gasteiger partial charge in [0.05, 0.1) is 31.8 Å². The van der Waals surface area contributed by atoms with E-state index in [2.05, 4.69) is 30.7 Å². The minimum absolute atomic E-state index is 0.0179. The van der Waals surface area contributed by atoms with Gasteiger partial charge < -0.3 is 29.7 Å². The minimum Gasteiger partial charge on any atom is -0.480 e. The lowest BCUT2D eigenvalue weighted by atomic mass is 9.93. The number of amides is 5. The van der Waals surface area contributed by atoms with Crippen molar-refractivity contribution in [3.05, 3.63) is 80.4 Å². The van der Waals surface area contributed by atoms with E-state index in [1.165, 1.54) is 0 Å². The standard InChI is InChI=1S/C18H18ClF3N4O3.C15H16ClF3N2O3.C11H8ClF3N2O3.C9H15NO3/c1-17(2,3)12-7-13(25-29-12)24-16(28)11-4-5-14(27)26(11)15-10(19)6-9(8-23-15)18(20,21)22;1-14(2,3)24-13(23)10-4-5-11(22)21(10)12-9(16)6-8(7-20-12)15(17,18)19;12-6-3-5(11(13,14)15)4-16-9(6)17-7(10(19)20)1-2-8(17)18;1-9(2,3)13-8(12)6-4-5-7(11)10-6/h6-8,11H,4-5H2,1-3H3,(H,24,25,28);6-7,10H,4-5H2,1-3H3;3-4,7H,1-2H2,(H,19,20);6H,4-5H2,1-3H3,(H,10,11)/t11-;10-;7-;6-/m0000/s1. The summed E-state index contributed by atoms with van der Waals surface area (Å²) in [5, 5.41) is 16.8. The molecule has 4 aromatic heterocycles. The number of hydrogen-bond donors (Lipinski definition) is 3. The van der Waals surface area contributed by atoms with E-state index in [0.29, 0.717) is 55.4 Å². The third-order valence-electron chi connectivity index (χ3n) is 12.2. The number of rotatable bonds is 8. The zero-order valence-electron chi connectivity index (χ0n) is 47.1. The third kappa shape index (κ3) is 18.3. The molecule has 0 aromatic carbocycles. The first-order valence-corrected chi connectivity index (χ1v) is 26.9. The summed E-state index contributed by atoms with van der Waals surface area (Å²) in [6.07, 6.45) is -10.7. The molecule has 0 bridgehead atoms. The normalized spacial score (nSPS) is 19.2. The lowest BCUT2D eigenvalue weighted by molar-refractivity contribution is -0.158. The number of nitrogens with zero attached hydrogens (tertiary/aromatic N) is 7. The number of ether oxygens (including phenoxy) is 2. The largest absolute Gasteiger partial charge is 0.480 e. The summed E-state index contributed by atoms with van der Waals surface area (Å²) in [6, 6.07) is 0.00395. The molecule has 4 saturated heterocycles. The molecule has 33 heteroatoms. The van der Waals surface area contributed by atoms with Gasteiger partial charge in [0.25, 0.3) is 0 Å². The Bertz CT molecular complexity index is 3230. The zero-order valence-corrected chi connectivity index (χ0v) is 49.4. The van der Waals surface area contributed by atoms with Crippen LogP contribution in [0.4, 0.5) is 62.8 Å². The molecule has 0 aliphatic carbocycles. The highest BCUT2D eigenvalue weighted by Crippen LogP contribution is 2.40. The molecular formula is C53H57Cl3F9N9O12. The molecule has 0 radical (unpaired) electrons. The number of hydrogen-bond acceptors (Lipinski definition) is 15. The lowest BCUT2D eigenvalue weighted by Gasteiger charge is -2.27. The van der Waals surface area contributed by atoms with E-state index in [0.717, 1.165) is 14.7 Å². The Kier molecular flexibility index (Phi) is 21.6. The predicted molar refractivity (Wildman–Crippen MR) is 289 cm³/mol. The number of pyridine rings is 3. The Labute approximate surface area is 499 Å². The van der Waals surface area contributed by atoms with E-state index in [4.69, 9.17) is 53.9 Å². The molecule has 0 spiro atoms. The quantitative estimate of drug-likeness (QED) is 0.109. The Hall–Kier alpha value is -7.34. The highest BCUT2D eigenvalue weighted by molar-refractivity contribution is 6.34. The fourth-order valence-electron chi connectivity index (χ4n) is 8.27. The van der Waals surface area contributed by atoms with Gasteiger partial charge in [-0.25, -0.2) is 29.3 Å². The van der Waals surface area contributed by atoms with Crippen molar-refractivity contribution in [2.45, 2.75) is 173 Å². The number of aromatic nitrogens is 4. The van der Waals surface area contributed by atoms with Gasteiger partial charge in [-0.15, -0.1) is 0 Å². The number of carbonyl (C=O) groups excluding carboxylic acids is 7. The fourth-order valence-corrected chi connectivity index (χ4v) is 9.05. The summed E-state index contributed by atoms with van der Waals surface area (Å²) in [4.78, 5) is 108. The molecule has 21 nitrogen and oxygen atoms in total. The van der Waals surface area contributed by atoms with E-state index in [-0.39, 0.29) is 89.1 Å². The van der Waals surface area contributed by atoms with Gasteiger partial charge in [0, 0.05) is 55.8 Å². The van der Waals surface area contributed by atoms with Crippen molar-refractivity contribution in [1.82, 2.24) is 25.4 Å². The molecule has 0 saturated carbocycles. The molecule has 4 aliphatic rings. The number of alkyl halides is 9. The molecule has 3 N–H and O–H groups in total. The van der Waals surface area contributed by atoms with Crippen LogP contribution in [0.15, 0.2) is 47.4 Å². The van der Waals surface area contributed by atoms with Gasteiger partial charge >= 0.3 is 36.4 Å². The molecule has 4 atom stereocenters. The first-order chi connectivity index (χ1) is 39.4. The summed E-state index contributed by atoms with van der Waals surface area (Å²) in [6.45, 7) is 16.2. The number of nitrogens with one attached hydrogen (secondary N) is 2. The van der Waals surface area contributed by atoms with Crippen LogP contribution in [0.1, 0.15) is 136 Å². The monoisotopic (exact) mass is 1290 g/mol. The Balaban J connectivity index is 0.000000217. The molecule has 470 valence electrons. The molecule has 4 aliphatic heterocycles. The zero-order chi connectivity index (χ0) is 65.0. The maximum Gasteiger partial charge on any atom is 0.417 e. The number of carboxylic acid groups (broad SMARTS) is 1. The first-order valence-electron chi connectivity index (χ1n) is 25.8. The average molecular weight is 1290 g/mol. The Morgan fingerprint density at radius 1 is 0.570 bits per heavy atom. The van der Waals surface area contributed by atoms with E-state index in [9.17, 15) is 77.9 Å². The molecule has 4 fully saturated rings. The van der Waals surface area contributed by atoms with Gasteiger partial charge in [-0.3, -0.25) is 38.7 Å². The average Bonchev–Trinajstić information content (AvgIpc) is 2.02. The topological polar surface area (TPSA) is 274 Å². The number of carboxylic acids is 1. The highest BCUT2D eigenvalue weighted by Gasteiger charge is 2.44. The van der Waals surface area contributed by atoms with Crippen LogP contribution in [0.2, 0.25) is 15.1 Å². The van der Waals surface area contributed by atoms with Gasteiger partial charge in [0.15, 0.2) is 23.3 Å². The molecule has 0 unspecified atom stereocenters. The summed E-state index contributed by atoms with van der Waals surface area (Å²) in [5.74, 6) is -4.24. The van der Waals surface area contributed by atoms with Gasteiger partial charge in [0.1, 0.15) is 41.1 Å². The molecule has 5 amide bonds. The molecule has 8 heterocycles. The smallest absolute Gasteiger partial charge is 0.417 e. The van der Waals surface area contributed by atoms with Crippen LogP contribution in [0.25, 0.3) is 0 Å². The third-order valence-corrected chi connectivity index (χ3v) is 13.1. The second-order valence-electron chi connectivity index (χ2n) is 22.4. The number of anilines is 4. The lowest BCUT2D eigenvalue weighted by Crippen LogP contribution is -2.42. The van der Waals surface area contributed by atoms with E-state index in [1.807, 2.05) is 41.5 Å². The first kappa shape index (κ1) is 69.4. The van der Waals surface area contributed by atoms with Crippen molar-refractivity contribution in [3.63, 3.8) is 0 Å². The van der Waals surface area contributed by atoms with E-state index < -0.39 is 111 Å². The van der Waals surface area contributed by atoms with Gasteiger partial charge in [-0.05, 0) is 85.4 Å². The molecule has 4 aromatic rings. The van der Waals surface area contributed by atoms with Crippen molar-refractivity contribution < 1.29 is 97.0 Å². The summed E-state index contributed by atoms with van der Waals surface area (Å²) in [5.41, 5.74) is -4.70. The molecule has 8 rings (SSSR count). The van der Waals surface area contributed by atoms with Crippen molar-refractivity contribution in [1.29, 1.82) is 0 Å². The Morgan fingerprint density at radius 3 is 1.28 bits per heavy atom. The van der Waals surface area contributed by atoms with Crippen molar-refractivity contribution >= 4 is 106 Å². The second-order valence-corrected chi connectivity index (χ2v) is 23.6.